The molecule has 3 nitrogen and oxygen atoms in total. The minimum absolute atomic E-state index is 0.0632. The van der Waals surface area contributed by atoms with Crippen LogP contribution in [0.4, 0.5) is 0 Å². The minimum Gasteiger partial charge on any atom is -0.345 e. The Morgan fingerprint density at radius 1 is 1.33 bits per heavy atom. The highest BCUT2D eigenvalue weighted by Gasteiger charge is 2.01. The lowest BCUT2D eigenvalue weighted by Gasteiger charge is -1.99. The number of hydrogen-bond acceptors (Lipinski definition) is 2. The molecule has 0 aromatic heterocycles. The van der Waals surface area contributed by atoms with E-state index in [2.05, 4.69) is 5.32 Å². The van der Waals surface area contributed by atoms with Gasteiger partial charge in [0.15, 0.2) is 0 Å². The van der Waals surface area contributed by atoms with Gasteiger partial charge in [0.1, 0.15) is 6.29 Å². The average molecular weight is 163 g/mol. The summed E-state index contributed by atoms with van der Waals surface area (Å²) >= 11 is 0. The van der Waals surface area contributed by atoms with Crippen LogP contribution in [0.2, 0.25) is 0 Å². The lowest BCUT2D eigenvalue weighted by atomic mass is 10.2. The number of benzene rings is 1. The third-order valence-electron chi connectivity index (χ3n) is 1.38. The Balaban J connectivity index is 2.59. The molecule has 62 valence electrons. The van der Waals surface area contributed by atoms with Crippen LogP contribution in [0.15, 0.2) is 30.3 Å². The number of carbonyl (C=O) groups is 2. The second-order valence-electron chi connectivity index (χ2n) is 2.24. The molecule has 3 heteroatoms. The first-order valence-electron chi connectivity index (χ1n) is 3.61. The van der Waals surface area contributed by atoms with Crippen LogP contribution in [-0.4, -0.2) is 18.7 Å². The monoisotopic (exact) mass is 163 g/mol. The zero-order valence-corrected chi connectivity index (χ0v) is 6.49. The van der Waals surface area contributed by atoms with Gasteiger partial charge in [0.25, 0.3) is 5.91 Å². The molecule has 0 bridgehead atoms. The minimum atomic E-state index is -0.220. The van der Waals surface area contributed by atoms with Gasteiger partial charge in [0.2, 0.25) is 0 Å². The van der Waals surface area contributed by atoms with Crippen molar-refractivity contribution in [2.24, 2.45) is 0 Å². The van der Waals surface area contributed by atoms with Gasteiger partial charge in [-0.25, -0.2) is 0 Å². The molecule has 1 aromatic rings. The Bertz CT molecular complexity index is 269. The molecule has 0 saturated heterocycles. The number of hydrogen-bond donors (Lipinski definition) is 1. The predicted molar refractivity (Wildman–Crippen MR) is 44.8 cm³/mol. The van der Waals surface area contributed by atoms with Crippen LogP contribution >= 0.6 is 0 Å². The highest BCUT2D eigenvalue weighted by Crippen LogP contribution is 1.96. The summed E-state index contributed by atoms with van der Waals surface area (Å²) in [6.45, 7) is 0.0632. The van der Waals surface area contributed by atoms with Crippen molar-refractivity contribution in [3.05, 3.63) is 35.9 Å². The van der Waals surface area contributed by atoms with Crippen LogP contribution in [0.3, 0.4) is 0 Å². The molecule has 0 radical (unpaired) electrons. The van der Waals surface area contributed by atoms with Crippen molar-refractivity contribution in [2.45, 2.75) is 0 Å². The summed E-state index contributed by atoms with van der Waals surface area (Å²) in [5.74, 6) is -0.220. The topological polar surface area (TPSA) is 46.2 Å². The summed E-state index contributed by atoms with van der Waals surface area (Å²) in [5.41, 5.74) is 0.569. The van der Waals surface area contributed by atoms with Crippen LogP contribution < -0.4 is 5.32 Å². The fourth-order valence-electron chi connectivity index (χ4n) is 0.826. The average Bonchev–Trinajstić information content (AvgIpc) is 2.15. The maximum atomic E-state index is 11.1. The Labute approximate surface area is 70.4 Å². The van der Waals surface area contributed by atoms with Crippen LogP contribution in [0.1, 0.15) is 10.4 Å². The summed E-state index contributed by atoms with van der Waals surface area (Å²) in [7, 11) is 0. The van der Waals surface area contributed by atoms with E-state index in [-0.39, 0.29) is 12.5 Å². The number of amides is 1. The maximum Gasteiger partial charge on any atom is 0.251 e. The molecule has 0 aliphatic carbocycles. The van der Waals surface area contributed by atoms with Gasteiger partial charge in [0.05, 0.1) is 6.54 Å². The van der Waals surface area contributed by atoms with Crippen LogP contribution in [0.25, 0.3) is 0 Å². The summed E-state index contributed by atoms with van der Waals surface area (Å²) < 4.78 is 0. The van der Waals surface area contributed by atoms with Crippen molar-refractivity contribution in [3.8, 4) is 0 Å². The number of rotatable bonds is 3. The predicted octanol–water partition coefficient (Wildman–Crippen LogP) is 0.615. The molecular weight excluding hydrogens is 154 g/mol. The Hall–Kier alpha value is -1.64. The van der Waals surface area contributed by atoms with Gasteiger partial charge in [-0.3, -0.25) is 4.79 Å². The van der Waals surface area contributed by atoms with E-state index < -0.39 is 0 Å². The summed E-state index contributed by atoms with van der Waals surface area (Å²) in [6.07, 6.45) is 0.654. The van der Waals surface area contributed by atoms with Gasteiger partial charge in [-0.2, -0.15) is 0 Å². The maximum absolute atomic E-state index is 11.1. The molecule has 0 fully saturated rings. The highest BCUT2D eigenvalue weighted by molar-refractivity contribution is 5.94. The number of nitrogens with one attached hydrogen (secondary N) is 1. The van der Waals surface area contributed by atoms with Gasteiger partial charge in [-0.1, -0.05) is 18.2 Å². The SMILES string of the molecule is O=CCNC(=O)c1ccccc1. The first kappa shape index (κ1) is 8.46. The Morgan fingerprint density at radius 3 is 2.58 bits per heavy atom. The van der Waals surface area contributed by atoms with E-state index in [1.165, 1.54) is 0 Å². The quantitative estimate of drug-likeness (QED) is 0.664. The van der Waals surface area contributed by atoms with Crippen molar-refractivity contribution >= 4 is 12.2 Å². The van der Waals surface area contributed by atoms with Gasteiger partial charge in [0, 0.05) is 5.56 Å². The molecular formula is C9H9NO2. The zero-order chi connectivity index (χ0) is 8.81. The molecule has 12 heavy (non-hydrogen) atoms. The van der Waals surface area contributed by atoms with E-state index >= 15 is 0 Å². The van der Waals surface area contributed by atoms with Crippen LogP contribution in [0, 0.1) is 0 Å². The van der Waals surface area contributed by atoms with E-state index in [9.17, 15) is 9.59 Å². The molecule has 0 spiro atoms. The molecule has 0 saturated carbocycles. The molecule has 0 aliphatic heterocycles. The molecule has 0 unspecified atom stereocenters. The smallest absolute Gasteiger partial charge is 0.251 e. The molecule has 1 amide bonds. The summed E-state index contributed by atoms with van der Waals surface area (Å²) in [4.78, 5) is 21.1. The van der Waals surface area contributed by atoms with Crippen molar-refractivity contribution in [1.29, 1.82) is 0 Å². The first-order valence-corrected chi connectivity index (χ1v) is 3.61. The van der Waals surface area contributed by atoms with Crippen molar-refractivity contribution in [2.75, 3.05) is 6.54 Å². The molecule has 0 heterocycles. The van der Waals surface area contributed by atoms with Gasteiger partial charge >= 0.3 is 0 Å². The fourth-order valence-corrected chi connectivity index (χ4v) is 0.826. The van der Waals surface area contributed by atoms with E-state index in [1.54, 1.807) is 24.3 Å². The van der Waals surface area contributed by atoms with Crippen LogP contribution in [0.5, 0.6) is 0 Å². The van der Waals surface area contributed by atoms with Gasteiger partial charge in [-0.15, -0.1) is 0 Å². The third-order valence-corrected chi connectivity index (χ3v) is 1.38. The van der Waals surface area contributed by atoms with E-state index in [4.69, 9.17) is 0 Å². The first-order chi connectivity index (χ1) is 5.84. The Kier molecular flexibility index (Phi) is 3.02. The molecule has 1 aromatic carbocycles. The third kappa shape index (κ3) is 2.20. The molecule has 0 atom stereocenters. The second kappa shape index (κ2) is 4.28. The summed E-state index contributed by atoms with van der Waals surface area (Å²) in [5, 5.41) is 2.44. The second-order valence-corrected chi connectivity index (χ2v) is 2.24. The van der Waals surface area contributed by atoms with E-state index in [0.717, 1.165) is 0 Å². The summed E-state index contributed by atoms with van der Waals surface area (Å²) in [6, 6.07) is 8.77. The van der Waals surface area contributed by atoms with E-state index in [0.29, 0.717) is 11.8 Å². The normalized spacial score (nSPS) is 9.00. The molecule has 0 aliphatic rings. The van der Waals surface area contributed by atoms with Crippen molar-refractivity contribution < 1.29 is 9.59 Å². The standard InChI is InChI=1S/C9H9NO2/c11-7-6-10-9(12)8-4-2-1-3-5-8/h1-5,7H,6H2,(H,10,12). The van der Waals surface area contributed by atoms with E-state index in [1.807, 2.05) is 6.07 Å². The zero-order valence-electron chi connectivity index (χ0n) is 6.49. The largest absolute Gasteiger partial charge is 0.345 e. The molecule has 1 N–H and O–H groups in total. The fraction of sp³-hybridized carbons (Fsp3) is 0.111. The van der Waals surface area contributed by atoms with Gasteiger partial charge in [-0.05, 0) is 12.1 Å². The van der Waals surface area contributed by atoms with Crippen molar-refractivity contribution in [1.82, 2.24) is 5.32 Å². The lowest BCUT2D eigenvalue weighted by molar-refractivity contribution is -0.107. The number of carbonyl (C=O) groups excluding carboxylic acids is 2. The van der Waals surface area contributed by atoms with Gasteiger partial charge < -0.3 is 10.1 Å². The van der Waals surface area contributed by atoms with Crippen molar-refractivity contribution in [3.63, 3.8) is 0 Å². The number of aldehydes is 1. The molecule has 1 rings (SSSR count). The Morgan fingerprint density at radius 2 is 2.00 bits per heavy atom. The van der Waals surface area contributed by atoms with Crippen LogP contribution in [-0.2, 0) is 4.79 Å². The highest BCUT2D eigenvalue weighted by atomic mass is 16.2. The lowest BCUT2D eigenvalue weighted by Crippen LogP contribution is -2.24.